The van der Waals surface area contributed by atoms with Crippen LogP contribution in [0.15, 0.2) is 0 Å². The first-order valence-electron chi connectivity index (χ1n) is 8.11. The van der Waals surface area contributed by atoms with Crippen molar-refractivity contribution in [3.63, 3.8) is 0 Å². The Hall–Kier alpha value is -0.570. The predicted molar refractivity (Wildman–Crippen MR) is 78.7 cm³/mol. The topological polar surface area (TPSA) is 55.1 Å². The molecule has 0 aromatic rings. The second-order valence-electron chi connectivity index (χ2n) is 6.94. The van der Waals surface area contributed by atoms with Gasteiger partial charge in [0.2, 0.25) is 5.91 Å². The maximum atomic E-state index is 12.1. The van der Waals surface area contributed by atoms with Crippen LogP contribution in [0.2, 0.25) is 0 Å². The third-order valence-electron chi connectivity index (χ3n) is 5.38. The minimum Gasteiger partial charge on any atom is -0.353 e. The molecule has 2 fully saturated rings. The standard InChI is InChI=1S/C16H30N2O/c1-11-7-8-14(9-12(11)2)18-16(19)10-13-5-3-4-6-15(13)17/h11-15H,3-10,17H2,1-2H3,(H,18,19). The van der Waals surface area contributed by atoms with Crippen molar-refractivity contribution in [1.29, 1.82) is 0 Å². The number of nitrogens with two attached hydrogens (primary N) is 1. The fraction of sp³-hybridized carbons (Fsp3) is 0.938. The number of carbonyl (C=O) groups excluding carboxylic acids is 1. The Balaban J connectivity index is 1.75. The molecule has 0 aromatic heterocycles. The number of rotatable bonds is 3. The van der Waals surface area contributed by atoms with E-state index in [1.807, 2.05) is 0 Å². The van der Waals surface area contributed by atoms with Gasteiger partial charge in [-0.25, -0.2) is 0 Å². The van der Waals surface area contributed by atoms with Gasteiger partial charge in [-0.15, -0.1) is 0 Å². The molecule has 1 amide bonds. The first-order chi connectivity index (χ1) is 9.06. The average molecular weight is 266 g/mol. The van der Waals surface area contributed by atoms with Crippen LogP contribution in [0.4, 0.5) is 0 Å². The van der Waals surface area contributed by atoms with Gasteiger partial charge in [-0.05, 0) is 49.9 Å². The molecule has 19 heavy (non-hydrogen) atoms. The number of nitrogens with one attached hydrogen (secondary N) is 1. The van der Waals surface area contributed by atoms with E-state index < -0.39 is 0 Å². The summed E-state index contributed by atoms with van der Waals surface area (Å²) in [6.07, 6.45) is 8.87. The van der Waals surface area contributed by atoms with Gasteiger partial charge in [-0.2, -0.15) is 0 Å². The molecule has 5 atom stereocenters. The molecule has 2 saturated carbocycles. The van der Waals surface area contributed by atoms with E-state index in [0.29, 0.717) is 18.4 Å². The summed E-state index contributed by atoms with van der Waals surface area (Å²) >= 11 is 0. The second-order valence-corrected chi connectivity index (χ2v) is 6.94. The van der Waals surface area contributed by atoms with Crippen LogP contribution in [0, 0.1) is 17.8 Å². The lowest BCUT2D eigenvalue weighted by atomic mass is 9.79. The molecule has 0 bridgehead atoms. The summed E-state index contributed by atoms with van der Waals surface area (Å²) < 4.78 is 0. The Kier molecular flexibility index (Phi) is 5.26. The van der Waals surface area contributed by atoms with Crippen LogP contribution in [0.3, 0.4) is 0 Å². The molecule has 2 aliphatic rings. The van der Waals surface area contributed by atoms with Crippen LogP contribution in [0.25, 0.3) is 0 Å². The van der Waals surface area contributed by atoms with Crippen LogP contribution in [0.1, 0.15) is 65.2 Å². The van der Waals surface area contributed by atoms with Crippen molar-refractivity contribution >= 4 is 5.91 Å². The van der Waals surface area contributed by atoms with Crippen molar-refractivity contribution in [2.45, 2.75) is 77.3 Å². The summed E-state index contributed by atoms with van der Waals surface area (Å²) in [7, 11) is 0. The number of hydrogen-bond donors (Lipinski definition) is 2. The zero-order chi connectivity index (χ0) is 13.8. The van der Waals surface area contributed by atoms with E-state index >= 15 is 0 Å². The summed E-state index contributed by atoms with van der Waals surface area (Å²) in [4.78, 5) is 12.1. The van der Waals surface area contributed by atoms with Gasteiger partial charge in [0, 0.05) is 18.5 Å². The highest BCUT2D eigenvalue weighted by molar-refractivity contribution is 5.76. The number of hydrogen-bond acceptors (Lipinski definition) is 2. The van der Waals surface area contributed by atoms with Crippen molar-refractivity contribution < 1.29 is 4.79 Å². The maximum Gasteiger partial charge on any atom is 0.220 e. The lowest BCUT2D eigenvalue weighted by Gasteiger charge is -2.33. The third-order valence-corrected chi connectivity index (χ3v) is 5.38. The van der Waals surface area contributed by atoms with Gasteiger partial charge in [-0.3, -0.25) is 4.79 Å². The van der Waals surface area contributed by atoms with Gasteiger partial charge < -0.3 is 11.1 Å². The van der Waals surface area contributed by atoms with Crippen LogP contribution in [0.5, 0.6) is 0 Å². The molecule has 5 unspecified atom stereocenters. The van der Waals surface area contributed by atoms with E-state index in [1.54, 1.807) is 0 Å². The van der Waals surface area contributed by atoms with E-state index in [-0.39, 0.29) is 11.9 Å². The Labute approximate surface area is 117 Å². The minimum atomic E-state index is 0.231. The summed E-state index contributed by atoms with van der Waals surface area (Å²) in [5.74, 6) is 2.18. The average Bonchev–Trinajstić information content (AvgIpc) is 2.37. The Morgan fingerprint density at radius 2 is 1.84 bits per heavy atom. The normalized spacial score (nSPS) is 39.8. The van der Waals surface area contributed by atoms with Crippen LogP contribution in [-0.2, 0) is 4.79 Å². The molecular formula is C16H30N2O. The molecular weight excluding hydrogens is 236 g/mol. The highest BCUT2D eigenvalue weighted by Crippen LogP contribution is 2.30. The molecule has 0 aromatic carbocycles. The van der Waals surface area contributed by atoms with E-state index in [9.17, 15) is 4.79 Å². The van der Waals surface area contributed by atoms with E-state index in [1.165, 1.54) is 19.3 Å². The SMILES string of the molecule is CC1CCC(NC(=O)CC2CCCCC2N)CC1C. The van der Waals surface area contributed by atoms with Crippen molar-refractivity contribution in [1.82, 2.24) is 5.32 Å². The van der Waals surface area contributed by atoms with Gasteiger partial charge in [0.05, 0.1) is 0 Å². The highest BCUT2D eigenvalue weighted by atomic mass is 16.1. The quantitative estimate of drug-likeness (QED) is 0.825. The predicted octanol–water partition coefficient (Wildman–Crippen LogP) is 2.83. The van der Waals surface area contributed by atoms with Gasteiger partial charge >= 0.3 is 0 Å². The van der Waals surface area contributed by atoms with Crippen LogP contribution < -0.4 is 11.1 Å². The Bertz CT molecular complexity index is 305. The van der Waals surface area contributed by atoms with E-state index in [2.05, 4.69) is 19.2 Å². The fourth-order valence-corrected chi connectivity index (χ4v) is 3.69. The Morgan fingerprint density at radius 3 is 2.53 bits per heavy atom. The van der Waals surface area contributed by atoms with Gasteiger partial charge in [0.1, 0.15) is 0 Å². The third kappa shape index (κ3) is 4.20. The van der Waals surface area contributed by atoms with Crippen LogP contribution in [-0.4, -0.2) is 18.0 Å². The van der Waals surface area contributed by atoms with Gasteiger partial charge in [0.15, 0.2) is 0 Å². The first-order valence-corrected chi connectivity index (χ1v) is 8.11. The molecule has 0 heterocycles. The highest BCUT2D eigenvalue weighted by Gasteiger charge is 2.28. The summed E-state index contributed by atoms with van der Waals surface area (Å²) in [6, 6.07) is 0.642. The first kappa shape index (κ1) is 14.8. The minimum absolute atomic E-state index is 0.231. The molecule has 110 valence electrons. The molecule has 3 N–H and O–H groups in total. The summed E-state index contributed by atoms with van der Waals surface area (Å²) in [5.41, 5.74) is 6.12. The molecule has 2 rings (SSSR count). The van der Waals surface area contributed by atoms with Crippen molar-refractivity contribution in [2.24, 2.45) is 23.5 Å². The largest absolute Gasteiger partial charge is 0.353 e. The van der Waals surface area contributed by atoms with Crippen molar-refractivity contribution in [3.8, 4) is 0 Å². The molecule has 0 radical (unpaired) electrons. The van der Waals surface area contributed by atoms with Gasteiger partial charge in [-0.1, -0.05) is 26.7 Å². The van der Waals surface area contributed by atoms with Crippen LogP contribution >= 0.6 is 0 Å². The molecule has 3 nitrogen and oxygen atoms in total. The Morgan fingerprint density at radius 1 is 1.11 bits per heavy atom. The zero-order valence-electron chi connectivity index (χ0n) is 12.5. The molecule has 2 aliphatic carbocycles. The van der Waals surface area contributed by atoms with Crippen molar-refractivity contribution in [3.05, 3.63) is 0 Å². The zero-order valence-corrected chi connectivity index (χ0v) is 12.5. The lowest BCUT2D eigenvalue weighted by Crippen LogP contribution is -2.42. The maximum absolute atomic E-state index is 12.1. The second kappa shape index (κ2) is 6.74. The molecule has 0 saturated heterocycles. The van der Waals surface area contributed by atoms with Crippen molar-refractivity contribution in [2.75, 3.05) is 0 Å². The molecule has 0 aliphatic heterocycles. The van der Waals surface area contributed by atoms with E-state index in [4.69, 9.17) is 5.73 Å². The molecule has 3 heteroatoms. The van der Waals surface area contributed by atoms with E-state index in [0.717, 1.165) is 37.5 Å². The number of amides is 1. The summed E-state index contributed by atoms with van der Waals surface area (Å²) in [5, 5.41) is 3.24. The van der Waals surface area contributed by atoms with Gasteiger partial charge in [0.25, 0.3) is 0 Å². The smallest absolute Gasteiger partial charge is 0.220 e. The number of carbonyl (C=O) groups is 1. The summed E-state index contributed by atoms with van der Waals surface area (Å²) in [6.45, 7) is 4.63. The monoisotopic (exact) mass is 266 g/mol. The molecule has 0 spiro atoms. The lowest BCUT2D eigenvalue weighted by molar-refractivity contribution is -0.123. The fourth-order valence-electron chi connectivity index (χ4n) is 3.69.